The molecule has 0 bridgehead atoms. The third-order valence-corrected chi connectivity index (χ3v) is 2.64. The van der Waals surface area contributed by atoms with E-state index < -0.39 is 18.7 Å². The lowest BCUT2D eigenvalue weighted by atomic mass is 10.3. The second-order valence-electron chi connectivity index (χ2n) is 4.09. The molecule has 0 spiro atoms. The van der Waals surface area contributed by atoms with Crippen molar-refractivity contribution in [2.75, 3.05) is 11.9 Å². The van der Waals surface area contributed by atoms with Gasteiger partial charge < -0.3 is 15.0 Å². The Morgan fingerprint density at radius 1 is 1.33 bits per heavy atom. The number of carbonyl (C=O) groups is 1. The molecule has 0 radical (unpaired) electrons. The predicted molar refractivity (Wildman–Crippen MR) is 71.7 cm³/mol. The van der Waals surface area contributed by atoms with Crippen molar-refractivity contribution in [1.82, 2.24) is 4.98 Å². The number of H-pyrrole nitrogens is 1. The van der Waals surface area contributed by atoms with Gasteiger partial charge in [0, 0.05) is 6.20 Å². The maximum absolute atomic E-state index is 12.2. The summed E-state index contributed by atoms with van der Waals surface area (Å²) in [5.74, 6) is -0.606. The zero-order valence-corrected chi connectivity index (χ0v) is 11.3. The number of carbonyl (C=O) groups excluding carboxylic acids is 1. The number of hydrogen-bond donors (Lipinski definition) is 2. The van der Waals surface area contributed by atoms with Crippen LogP contribution in [-0.2, 0) is 0 Å². The largest absolute Gasteiger partial charge is 0.482 e. The van der Waals surface area contributed by atoms with E-state index in [1.54, 1.807) is 6.07 Å². The first-order valence-corrected chi connectivity index (χ1v) is 6.17. The summed E-state index contributed by atoms with van der Waals surface area (Å²) in [6.45, 7) is -1.44. The SMILES string of the molecule is O=C(Nc1ccccc1OCC(F)(F)F)c1cc(Cl)c[nH]1. The fraction of sp³-hybridized carbons (Fsp3) is 0.154. The molecule has 0 aliphatic carbocycles. The molecule has 0 fully saturated rings. The lowest BCUT2D eigenvalue weighted by molar-refractivity contribution is -0.153. The minimum Gasteiger partial charge on any atom is -0.482 e. The molecule has 1 aromatic heterocycles. The predicted octanol–water partition coefficient (Wildman–Crippen LogP) is 3.86. The van der Waals surface area contributed by atoms with Gasteiger partial charge in [-0.3, -0.25) is 4.79 Å². The molecular formula is C13H10ClF3N2O2. The Kier molecular flexibility index (Phi) is 4.42. The Morgan fingerprint density at radius 3 is 2.67 bits per heavy atom. The summed E-state index contributed by atoms with van der Waals surface area (Å²) in [6.07, 6.45) is -3.04. The minimum atomic E-state index is -4.45. The van der Waals surface area contributed by atoms with Crippen LogP contribution in [0.15, 0.2) is 36.5 Å². The van der Waals surface area contributed by atoms with Crippen LogP contribution in [0.4, 0.5) is 18.9 Å². The molecule has 21 heavy (non-hydrogen) atoms. The van der Waals surface area contributed by atoms with Crippen molar-refractivity contribution in [2.24, 2.45) is 0 Å². The van der Waals surface area contributed by atoms with E-state index in [1.165, 1.54) is 30.5 Å². The summed E-state index contributed by atoms with van der Waals surface area (Å²) in [7, 11) is 0. The number of anilines is 1. The van der Waals surface area contributed by atoms with E-state index in [1.807, 2.05) is 0 Å². The number of nitrogens with one attached hydrogen (secondary N) is 2. The molecule has 1 heterocycles. The molecule has 0 aliphatic rings. The van der Waals surface area contributed by atoms with Gasteiger partial charge in [0.2, 0.25) is 0 Å². The highest BCUT2D eigenvalue weighted by atomic mass is 35.5. The lowest BCUT2D eigenvalue weighted by Gasteiger charge is -2.13. The molecule has 0 saturated carbocycles. The van der Waals surface area contributed by atoms with Crippen LogP contribution in [-0.4, -0.2) is 23.7 Å². The normalized spacial score (nSPS) is 11.2. The van der Waals surface area contributed by atoms with Crippen LogP contribution in [0.1, 0.15) is 10.5 Å². The monoisotopic (exact) mass is 318 g/mol. The van der Waals surface area contributed by atoms with Crippen LogP contribution < -0.4 is 10.1 Å². The highest BCUT2D eigenvalue weighted by Crippen LogP contribution is 2.26. The van der Waals surface area contributed by atoms with Gasteiger partial charge in [-0.1, -0.05) is 23.7 Å². The maximum Gasteiger partial charge on any atom is 0.422 e. The average Bonchev–Trinajstić information content (AvgIpc) is 2.83. The summed E-state index contributed by atoms with van der Waals surface area (Å²) in [5.41, 5.74) is 0.322. The standard InChI is InChI=1S/C13H10ClF3N2O2/c14-8-5-10(18-6-8)12(20)19-9-3-1-2-4-11(9)21-7-13(15,16)17/h1-6,18H,7H2,(H,19,20). The molecule has 1 amide bonds. The molecule has 0 aliphatic heterocycles. The number of hydrogen-bond acceptors (Lipinski definition) is 2. The zero-order valence-electron chi connectivity index (χ0n) is 10.5. The summed E-state index contributed by atoms with van der Waals surface area (Å²) in [4.78, 5) is 14.5. The Bertz CT molecular complexity index is 640. The van der Waals surface area contributed by atoms with Crippen molar-refractivity contribution in [3.63, 3.8) is 0 Å². The molecule has 0 unspecified atom stereocenters. The topological polar surface area (TPSA) is 54.1 Å². The quantitative estimate of drug-likeness (QED) is 0.899. The van der Waals surface area contributed by atoms with Gasteiger partial charge in [-0.15, -0.1) is 0 Å². The molecule has 4 nitrogen and oxygen atoms in total. The highest BCUT2D eigenvalue weighted by Gasteiger charge is 2.28. The maximum atomic E-state index is 12.2. The van der Waals surface area contributed by atoms with E-state index >= 15 is 0 Å². The van der Waals surface area contributed by atoms with Gasteiger partial charge in [0.15, 0.2) is 6.61 Å². The number of amides is 1. The molecule has 0 saturated heterocycles. The number of aromatic nitrogens is 1. The number of alkyl halides is 3. The zero-order chi connectivity index (χ0) is 15.5. The summed E-state index contributed by atoms with van der Waals surface area (Å²) >= 11 is 5.68. The highest BCUT2D eigenvalue weighted by molar-refractivity contribution is 6.31. The van der Waals surface area contributed by atoms with Crippen molar-refractivity contribution in [2.45, 2.75) is 6.18 Å². The number of ether oxygens (including phenoxy) is 1. The van der Waals surface area contributed by atoms with Crippen molar-refractivity contribution < 1.29 is 22.7 Å². The van der Waals surface area contributed by atoms with Crippen molar-refractivity contribution in [3.05, 3.63) is 47.2 Å². The number of aromatic amines is 1. The number of rotatable bonds is 4. The molecule has 8 heteroatoms. The third kappa shape index (κ3) is 4.42. The summed E-state index contributed by atoms with van der Waals surface area (Å²) in [5, 5.41) is 2.80. The van der Waals surface area contributed by atoms with Crippen molar-refractivity contribution >= 4 is 23.2 Å². The third-order valence-electron chi connectivity index (χ3n) is 2.42. The Hall–Kier alpha value is -2.15. The molecule has 2 rings (SSSR count). The fourth-order valence-electron chi connectivity index (χ4n) is 1.54. The van der Waals surface area contributed by atoms with E-state index in [0.29, 0.717) is 5.02 Å². The van der Waals surface area contributed by atoms with Crippen molar-refractivity contribution in [1.29, 1.82) is 0 Å². The van der Waals surface area contributed by atoms with Gasteiger partial charge in [-0.25, -0.2) is 0 Å². The van der Waals surface area contributed by atoms with E-state index in [4.69, 9.17) is 11.6 Å². The number of benzene rings is 1. The summed E-state index contributed by atoms with van der Waals surface area (Å²) in [6, 6.07) is 7.25. The Balaban J connectivity index is 2.11. The smallest absolute Gasteiger partial charge is 0.422 e. The van der Waals surface area contributed by atoms with Crippen LogP contribution in [0.3, 0.4) is 0 Å². The fourth-order valence-corrected chi connectivity index (χ4v) is 1.71. The van der Waals surface area contributed by atoms with Crippen LogP contribution in [0.25, 0.3) is 0 Å². The first-order valence-electron chi connectivity index (χ1n) is 5.79. The van der Waals surface area contributed by atoms with Gasteiger partial charge >= 0.3 is 6.18 Å². The molecule has 2 N–H and O–H groups in total. The van der Waals surface area contributed by atoms with Crippen molar-refractivity contribution in [3.8, 4) is 5.75 Å². The van der Waals surface area contributed by atoms with Gasteiger partial charge in [-0.2, -0.15) is 13.2 Å². The van der Waals surface area contributed by atoms with E-state index in [-0.39, 0.29) is 17.1 Å². The van der Waals surface area contributed by atoms with Crippen LogP contribution in [0.2, 0.25) is 5.02 Å². The van der Waals surface area contributed by atoms with Crippen LogP contribution in [0, 0.1) is 0 Å². The van der Waals surface area contributed by atoms with Gasteiger partial charge in [0.1, 0.15) is 11.4 Å². The lowest BCUT2D eigenvalue weighted by Crippen LogP contribution is -2.20. The van der Waals surface area contributed by atoms with E-state index in [9.17, 15) is 18.0 Å². The van der Waals surface area contributed by atoms with E-state index in [2.05, 4.69) is 15.0 Å². The second-order valence-corrected chi connectivity index (χ2v) is 4.52. The molecule has 112 valence electrons. The number of halogens is 4. The molecule has 0 atom stereocenters. The Morgan fingerprint density at radius 2 is 2.05 bits per heavy atom. The Labute approximate surface area is 122 Å². The number of para-hydroxylation sites is 2. The van der Waals surface area contributed by atoms with Crippen LogP contribution in [0.5, 0.6) is 5.75 Å². The van der Waals surface area contributed by atoms with E-state index in [0.717, 1.165) is 0 Å². The first kappa shape index (κ1) is 15.2. The molecular weight excluding hydrogens is 309 g/mol. The van der Waals surface area contributed by atoms with Gasteiger partial charge in [-0.05, 0) is 18.2 Å². The van der Waals surface area contributed by atoms with Gasteiger partial charge in [0.05, 0.1) is 10.7 Å². The molecule has 1 aromatic carbocycles. The first-order chi connectivity index (χ1) is 9.85. The van der Waals surface area contributed by atoms with Crippen LogP contribution >= 0.6 is 11.6 Å². The minimum absolute atomic E-state index is 0.0687. The van der Waals surface area contributed by atoms with Gasteiger partial charge in [0.25, 0.3) is 5.91 Å². The average molecular weight is 319 g/mol. The molecule has 2 aromatic rings. The second kappa shape index (κ2) is 6.09. The summed E-state index contributed by atoms with van der Waals surface area (Å²) < 4.78 is 41.2.